The number of benzene rings is 1. The molecule has 1 unspecified atom stereocenters. The van der Waals surface area contributed by atoms with Gasteiger partial charge >= 0.3 is 0 Å². The zero-order chi connectivity index (χ0) is 20.4. The number of rotatable bonds is 5. The molecule has 1 aromatic heterocycles. The van der Waals surface area contributed by atoms with Gasteiger partial charge in [0.1, 0.15) is 5.82 Å². The molecule has 7 nitrogen and oxygen atoms in total. The molecular formula is C20H23FN4O3S. The van der Waals surface area contributed by atoms with Crippen LogP contribution in [0.25, 0.3) is 0 Å². The maximum atomic E-state index is 13.4. The van der Waals surface area contributed by atoms with Crippen LogP contribution < -0.4 is 0 Å². The van der Waals surface area contributed by atoms with E-state index in [0.717, 1.165) is 18.2 Å². The number of pyridine rings is 1. The lowest BCUT2D eigenvalue weighted by atomic mass is 10.2. The second-order valence-corrected chi connectivity index (χ2v) is 9.22. The molecule has 29 heavy (non-hydrogen) atoms. The minimum atomic E-state index is -3.73. The van der Waals surface area contributed by atoms with E-state index in [0.29, 0.717) is 26.2 Å². The summed E-state index contributed by atoms with van der Waals surface area (Å²) >= 11 is 0. The molecule has 2 aromatic rings. The summed E-state index contributed by atoms with van der Waals surface area (Å²) < 4.78 is 40.3. The Hall–Kier alpha value is -2.36. The lowest BCUT2D eigenvalue weighted by molar-refractivity contribution is -0.133. The molecule has 3 heterocycles. The van der Waals surface area contributed by atoms with Gasteiger partial charge in [0.25, 0.3) is 0 Å². The Bertz CT molecular complexity index is 978. The number of likely N-dealkylation sites (tertiary alicyclic amines) is 1. The molecule has 1 atom stereocenters. The summed E-state index contributed by atoms with van der Waals surface area (Å²) in [4.78, 5) is 20.9. The standard InChI is InChI=1S/C20H23FN4O3S/c21-16-4-3-6-18(14-16)29(27,28)25-12-10-23(11-13-25)19-7-9-24(20(19)26)15-17-5-1-2-8-22-17/h1-6,8,14,19H,7,9-13,15H2. The number of sulfonamides is 1. The van der Waals surface area contributed by atoms with Crippen molar-refractivity contribution in [3.05, 3.63) is 60.2 Å². The van der Waals surface area contributed by atoms with Crippen LogP contribution in [0.4, 0.5) is 4.39 Å². The lowest BCUT2D eigenvalue weighted by Crippen LogP contribution is -2.53. The van der Waals surface area contributed by atoms with Gasteiger partial charge in [-0.15, -0.1) is 0 Å². The SMILES string of the molecule is O=C1C(N2CCN(S(=O)(=O)c3cccc(F)c3)CC2)CCN1Cc1ccccn1. The van der Waals surface area contributed by atoms with E-state index < -0.39 is 15.8 Å². The predicted octanol–water partition coefficient (Wildman–Crippen LogP) is 1.33. The molecule has 9 heteroatoms. The van der Waals surface area contributed by atoms with Crippen LogP contribution in [0, 0.1) is 5.82 Å². The molecule has 2 aliphatic heterocycles. The smallest absolute Gasteiger partial charge is 0.243 e. The van der Waals surface area contributed by atoms with Crippen molar-refractivity contribution in [1.29, 1.82) is 0 Å². The third-order valence-corrected chi connectivity index (χ3v) is 7.39. The van der Waals surface area contributed by atoms with E-state index in [4.69, 9.17) is 0 Å². The summed E-state index contributed by atoms with van der Waals surface area (Å²) in [6, 6.07) is 10.5. The Morgan fingerprint density at radius 2 is 1.83 bits per heavy atom. The van der Waals surface area contributed by atoms with Crippen LogP contribution in [-0.2, 0) is 21.4 Å². The number of aromatic nitrogens is 1. The average molecular weight is 418 g/mol. The third-order valence-electron chi connectivity index (χ3n) is 5.50. The van der Waals surface area contributed by atoms with Gasteiger partial charge in [0.05, 0.1) is 23.2 Å². The largest absolute Gasteiger partial charge is 0.335 e. The molecular weight excluding hydrogens is 395 g/mol. The van der Waals surface area contributed by atoms with Crippen molar-refractivity contribution in [3.8, 4) is 0 Å². The van der Waals surface area contributed by atoms with Crippen LogP contribution in [0.1, 0.15) is 12.1 Å². The fourth-order valence-electron chi connectivity index (χ4n) is 3.94. The summed E-state index contributed by atoms with van der Waals surface area (Å²) in [6.45, 7) is 2.67. The normalized spacial score (nSPS) is 21.6. The molecule has 2 fully saturated rings. The van der Waals surface area contributed by atoms with Crippen molar-refractivity contribution in [3.63, 3.8) is 0 Å². The van der Waals surface area contributed by atoms with Crippen LogP contribution in [0.3, 0.4) is 0 Å². The molecule has 0 radical (unpaired) electrons. The number of carbonyl (C=O) groups excluding carboxylic acids is 1. The van der Waals surface area contributed by atoms with Gasteiger partial charge in [-0.1, -0.05) is 12.1 Å². The van der Waals surface area contributed by atoms with E-state index in [1.54, 1.807) is 6.20 Å². The van der Waals surface area contributed by atoms with Crippen LogP contribution in [0.5, 0.6) is 0 Å². The number of hydrogen-bond acceptors (Lipinski definition) is 5. The molecule has 0 spiro atoms. The topological polar surface area (TPSA) is 73.8 Å². The van der Waals surface area contributed by atoms with Crippen molar-refractivity contribution < 1.29 is 17.6 Å². The van der Waals surface area contributed by atoms with Crippen LogP contribution >= 0.6 is 0 Å². The van der Waals surface area contributed by atoms with Crippen molar-refractivity contribution in [2.75, 3.05) is 32.7 Å². The number of piperazine rings is 1. The number of halogens is 1. The minimum absolute atomic E-state index is 0.0376. The van der Waals surface area contributed by atoms with Gasteiger partial charge in [-0.2, -0.15) is 4.31 Å². The summed E-state index contributed by atoms with van der Waals surface area (Å²) in [5.41, 5.74) is 0.854. The summed E-state index contributed by atoms with van der Waals surface area (Å²) in [7, 11) is -3.73. The Balaban J connectivity index is 1.37. The van der Waals surface area contributed by atoms with E-state index in [2.05, 4.69) is 9.88 Å². The van der Waals surface area contributed by atoms with Crippen molar-refractivity contribution in [2.24, 2.45) is 0 Å². The van der Waals surface area contributed by atoms with Gasteiger partial charge in [0.15, 0.2) is 0 Å². The summed E-state index contributed by atoms with van der Waals surface area (Å²) in [5, 5.41) is 0. The van der Waals surface area contributed by atoms with E-state index in [1.807, 2.05) is 23.1 Å². The minimum Gasteiger partial charge on any atom is -0.335 e. The highest BCUT2D eigenvalue weighted by atomic mass is 32.2. The number of hydrogen-bond donors (Lipinski definition) is 0. The fraction of sp³-hybridized carbons (Fsp3) is 0.400. The van der Waals surface area contributed by atoms with Gasteiger partial charge in [-0.05, 0) is 36.8 Å². The first-order chi connectivity index (χ1) is 13.9. The van der Waals surface area contributed by atoms with E-state index in [1.165, 1.54) is 22.5 Å². The lowest BCUT2D eigenvalue weighted by Gasteiger charge is -2.36. The molecule has 0 bridgehead atoms. The Morgan fingerprint density at radius 3 is 2.52 bits per heavy atom. The maximum Gasteiger partial charge on any atom is 0.243 e. The molecule has 0 aliphatic carbocycles. The fourth-order valence-corrected chi connectivity index (χ4v) is 5.39. The van der Waals surface area contributed by atoms with E-state index >= 15 is 0 Å². The van der Waals surface area contributed by atoms with Crippen molar-refractivity contribution in [1.82, 2.24) is 19.1 Å². The highest BCUT2D eigenvalue weighted by Gasteiger charge is 2.38. The second-order valence-electron chi connectivity index (χ2n) is 7.28. The molecule has 1 amide bonds. The van der Waals surface area contributed by atoms with Crippen molar-refractivity contribution in [2.45, 2.75) is 23.9 Å². The van der Waals surface area contributed by atoms with Gasteiger partial charge in [0.2, 0.25) is 15.9 Å². The second kappa shape index (κ2) is 8.17. The number of nitrogens with zero attached hydrogens (tertiary/aromatic N) is 4. The van der Waals surface area contributed by atoms with Crippen LogP contribution in [0.15, 0.2) is 53.6 Å². The zero-order valence-electron chi connectivity index (χ0n) is 15.9. The maximum absolute atomic E-state index is 13.4. The third kappa shape index (κ3) is 4.17. The quantitative estimate of drug-likeness (QED) is 0.733. The highest BCUT2D eigenvalue weighted by molar-refractivity contribution is 7.89. The Kier molecular flexibility index (Phi) is 5.62. The first-order valence-corrected chi connectivity index (χ1v) is 11.1. The molecule has 4 rings (SSSR count). The number of carbonyl (C=O) groups is 1. The summed E-state index contributed by atoms with van der Waals surface area (Å²) in [5.74, 6) is -0.508. The first kappa shape index (κ1) is 19.9. The molecule has 154 valence electrons. The van der Waals surface area contributed by atoms with Gasteiger partial charge in [0, 0.05) is 38.9 Å². The summed E-state index contributed by atoms with van der Waals surface area (Å²) in [6.07, 6.45) is 2.44. The van der Waals surface area contributed by atoms with E-state index in [9.17, 15) is 17.6 Å². The molecule has 2 aliphatic rings. The monoisotopic (exact) mass is 418 g/mol. The molecule has 2 saturated heterocycles. The zero-order valence-corrected chi connectivity index (χ0v) is 16.8. The number of amides is 1. The van der Waals surface area contributed by atoms with Gasteiger partial charge < -0.3 is 4.90 Å². The van der Waals surface area contributed by atoms with Gasteiger partial charge in [-0.3, -0.25) is 14.7 Å². The first-order valence-electron chi connectivity index (χ1n) is 9.63. The molecule has 0 saturated carbocycles. The average Bonchev–Trinajstić information content (AvgIpc) is 3.09. The van der Waals surface area contributed by atoms with E-state index in [-0.39, 0.29) is 29.9 Å². The highest BCUT2D eigenvalue weighted by Crippen LogP contribution is 2.23. The van der Waals surface area contributed by atoms with Crippen molar-refractivity contribution >= 4 is 15.9 Å². The molecule has 0 N–H and O–H groups in total. The Labute approximate surface area is 169 Å². The van der Waals surface area contributed by atoms with Crippen LogP contribution in [-0.4, -0.2) is 72.2 Å². The van der Waals surface area contributed by atoms with Crippen LogP contribution in [0.2, 0.25) is 0 Å². The molecule has 1 aromatic carbocycles. The van der Waals surface area contributed by atoms with Gasteiger partial charge in [-0.25, -0.2) is 12.8 Å². The predicted molar refractivity (Wildman–Crippen MR) is 105 cm³/mol. The Morgan fingerprint density at radius 1 is 1.03 bits per heavy atom.